The van der Waals surface area contributed by atoms with Gasteiger partial charge in [-0.2, -0.15) is 0 Å². The van der Waals surface area contributed by atoms with Gasteiger partial charge < -0.3 is 9.52 Å². The normalized spacial score (nSPS) is 10.9. The zero-order valence-electron chi connectivity index (χ0n) is 8.93. The lowest BCUT2D eigenvalue weighted by molar-refractivity contribution is 0.0696. The quantitative estimate of drug-likeness (QED) is 0.890. The number of carboxylic acid groups (broad SMARTS) is 1. The molecule has 0 radical (unpaired) electrons. The first-order valence-electron chi connectivity index (χ1n) is 4.85. The number of thiazole rings is 1. The minimum Gasteiger partial charge on any atom is -0.478 e. The number of rotatable bonds is 3. The van der Waals surface area contributed by atoms with E-state index in [1.807, 2.05) is 5.38 Å². The maximum atomic E-state index is 10.7. The highest BCUT2D eigenvalue weighted by Crippen LogP contribution is 2.27. The van der Waals surface area contributed by atoms with Crippen LogP contribution >= 0.6 is 11.3 Å². The van der Waals surface area contributed by atoms with Gasteiger partial charge in [0.25, 0.3) is 0 Å². The summed E-state index contributed by atoms with van der Waals surface area (Å²) >= 11 is 1.55. The molecule has 0 amide bonds. The van der Waals surface area contributed by atoms with Gasteiger partial charge in [0.2, 0.25) is 0 Å². The summed E-state index contributed by atoms with van der Waals surface area (Å²) in [5, 5.41) is 11.7. The lowest BCUT2D eigenvalue weighted by Crippen LogP contribution is -1.91. The molecule has 1 N–H and O–H groups in total. The van der Waals surface area contributed by atoms with Crippen LogP contribution in [-0.4, -0.2) is 16.1 Å². The summed E-state index contributed by atoms with van der Waals surface area (Å²) in [6.07, 6.45) is 1.23. The number of hydrogen-bond acceptors (Lipinski definition) is 4. The highest BCUT2D eigenvalue weighted by molar-refractivity contribution is 7.10. The molecule has 0 aromatic carbocycles. The van der Waals surface area contributed by atoms with Crippen molar-refractivity contribution in [1.82, 2.24) is 4.98 Å². The average Bonchev–Trinajstić information content (AvgIpc) is 2.86. The molecule has 2 aromatic heterocycles. The summed E-state index contributed by atoms with van der Waals surface area (Å²) in [7, 11) is 0. The van der Waals surface area contributed by atoms with E-state index < -0.39 is 5.97 Å². The summed E-state index contributed by atoms with van der Waals surface area (Å²) in [5.74, 6) is -0.123. The summed E-state index contributed by atoms with van der Waals surface area (Å²) in [6.45, 7) is 4.13. The van der Waals surface area contributed by atoms with Crippen LogP contribution < -0.4 is 0 Å². The van der Waals surface area contributed by atoms with E-state index >= 15 is 0 Å². The Balaban J connectivity index is 2.31. The van der Waals surface area contributed by atoms with Crippen LogP contribution in [0.2, 0.25) is 0 Å². The van der Waals surface area contributed by atoms with E-state index in [0.717, 1.165) is 5.01 Å². The minimum absolute atomic E-state index is 0.147. The van der Waals surface area contributed by atoms with Crippen molar-refractivity contribution in [2.45, 2.75) is 19.8 Å². The molecule has 0 saturated heterocycles. The third-order valence-electron chi connectivity index (χ3n) is 2.11. The number of aromatic nitrogens is 1. The second kappa shape index (κ2) is 4.09. The Kier molecular flexibility index (Phi) is 2.78. The molecule has 84 valence electrons. The molecular formula is C11H11NO3S. The molecule has 0 atom stereocenters. The number of aromatic carboxylic acids is 1. The number of carbonyl (C=O) groups is 1. The second-order valence-corrected chi connectivity index (χ2v) is 4.62. The average molecular weight is 237 g/mol. The Hall–Kier alpha value is -1.62. The molecule has 0 fully saturated rings. The van der Waals surface area contributed by atoms with E-state index in [2.05, 4.69) is 18.8 Å². The Morgan fingerprint density at radius 1 is 1.56 bits per heavy atom. The van der Waals surface area contributed by atoms with Crippen LogP contribution in [0.25, 0.3) is 11.5 Å². The van der Waals surface area contributed by atoms with Gasteiger partial charge >= 0.3 is 5.97 Å². The first-order valence-corrected chi connectivity index (χ1v) is 5.73. The van der Waals surface area contributed by atoms with Crippen LogP contribution in [0.1, 0.15) is 35.1 Å². The van der Waals surface area contributed by atoms with Crippen molar-refractivity contribution < 1.29 is 14.3 Å². The Bertz CT molecular complexity index is 513. The maximum absolute atomic E-state index is 10.7. The number of furan rings is 1. The van der Waals surface area contributed by atoms with Crippen molar-refractivity contribution in [3.8, 4) is 11.5 Å². The molecule has 0 aliphatic carbocycles. The SMILES string of the molecule is CC(C)c1nc(-c2cc(C(=O)O)co2)cs1. The molecule has 2 rings (SSSR count). The Labute approximate surface area is 96.6 Å². The van der Waals surface area contributed by atoms with Crippen molar-refractivity contribution in [3.63, 3.8) is 0 Å². The van der Waals surface area contributed by atoms with E-state index in [9.17, 15) is 4.79 Å². The predicted octanol–water partition coefficient (Wildman–Crippen LogP) is 3.22. The summed E-state index contributed by atoms with van der Waals surface area (Å²) < 4.78 is 5.17. The molecule has 4 nitrogen and oxygen atoms in total. The van der Waals surface area contributed by atoms with Crippen LogP contribution in [0.3, 0.4) is 0 Å². The standard InChI is InChI=1S/C11H11NO3S/c1-6(2)10-12-8(5-16-10)9-3-7(4-15-9)11(13)14/h3-6H,1-2H3,(H,13,14). The first-order chi connectivity index (χ1) is 7.58. The maximum Gasteiger partial charge on any atom is 0.338 e. The van der Waals surface area contributed by atoms with Crippen molar-refractivity contribution in [1.29, 1.82) is 0 Å². The fraction of sp³-hybridized carbons (Fsp3) is 0.273. The molecule has 2 heterocycles. The lowest BCUT2D eigenvalue weighted by Gasteiger charge is -1.95. The van der Waals surface area contributed by atoms with Crippen LogP contribution in [-0.2, 0) is 0 Å². The smallest absolute Gasteiger partial charge is 0.338 e. The number of hydrogen-bond donors (Lipinski definition) is 1. The van der Waals surface area contributed by atoms with E-state index in [1.54, 1.807) is 11.3 Å². The van der Waals surface area contributed by atoms with Gasteiger partial charge in [0.1, 0.15) is 12.0 Å². The molecule has 0 aliphatic rings. The van der Waals surface area contributed by atoms with Gasteiger partial charge in [-0.05, 0) is 0 Å². The van der Waals surface area contributed by atoms with Gasteiger partial charge in [-0.15, -0.1) is 11.3 Å². The molecule has 2 aromatic rings. The largest absolute Gasteiger partial charge is 0.478 e. The molecule has 0 unspecified atom stereocenters. The van der Waals surface area contributed by atoms with E-state index in [0.29, 0.717) is 17.4 Å². The molecule has 16 heavy (non-hydrogen) atoms. The van der Waals surface area contributed by atoms with Gasteiger partial charge in [0.15, 0.2) is 5.76 Å². The van der Waals surface area contributed by atoms with Gasteiger partial charge in [0, 0.05) is 17.4 Å². The van der Waals surface area contributed by atoms with Crippen molar-refractivity contribution in [2.24, 2.45) is 0 Å². The van der Waals surface area contributed by atoms with Crippen LogP contribution in [0.5, 0.6) is 0 Å². The molecule has 0 saturated carbocycles. The van der Waals surface area contributed by atoms with Crippen molar-refractivity contribution >= 4 is 17.3 Å². The van der Waals surface area contributed by atoms with E-state index in [4.69, 9.17) is 9.52 Å². The molecule has 5 heteroatoms. The van der Waals surface area contributed by atoms with Crippen molar-refractivity contribution in [3.05, 3.63) is 28.3 Å². The zero-order chi connectivity index (χ0) is 11.7. The van der Waals surface area contributed by atoms with Crippen LogP contribution in [0.15, 0.2) is 22.1 Å². The predicted molar refractivity (Wildman–Crippen MR) is 60.9 cm³/mol. The Morgan fingerprint density at radius 3 is 2.81 bits per heavy atom. The highest BCUT2D eigenvalue weighted by atomic mass is 32.1. The fourth-order valence-electron chi connectivity index (χ4n) is 1.25. The fourth-order valence-corrected chi connectivity index (χ4v) is 2.07. The molecule has 0 bridgehead atoms. The van der Waals surface area contributed by atoms with Gasteiger partial charge in [0.05, 0.1) is 10.6 Å². The summed E-state index contributed by atoms with van der Waals surface area (Å²) in [6, 6.07) is 1.49. The minimum atomic E-state index is -0.991. The second-order valence-electron chi connectivity index (χ2n) is 3.73. The first kappa shape index (κ1) is 10.9. The van der Waals surface area contributed by atoms with Gasteiger partial charge in [-0.3, -0.25) is 0 Å². The topological polar surface area (TPSA) is 63.3 Å². The van der Waals surface area contributed by atoms with Gasteiger partial charge in [-0.1, -0.05) is 13.8 Å². The summed E-state index contributed by atoms with van der Waals surface area (Å²) in [4.78, 5) is 15.1. The third-order valence-corrected chi connectivity index (χ3v) is 3.26. The molecular weight excluding hydrogens is 226 g/mol. The molecule has 0 aliphatic heterocycles. The zero-order valence-corrected chi connectivity index (χ0v) is 9.75. The Morgan fingerprint density at radius 2 is 2.31 bits per heavy atom. The van der Waals surface area contributed by atoms with Crippen LogP contribution in [0, 0.1) is 0 Å². The number of nitrogens with zero attached hydrogens (tertiary/aromatic N) is 1. The highest BCUT2D eigenvalue weighted by Gasteiger charge is 2.13. The van der Waals surface area contributed by atoms with E-state index in [1.165, 1.54) is 12.3 Å². The summed E-state index contributed by atoms with van der Waals surface area (Å²) in [5.41, 5.74) is 0.843. The van der Waals surface area contributed by atoms with Gasteiger partial charge in [-0.25, -0.2) is 9.78 Å². The third kappa shape index (κ3) is 1.99. The lowest BCUT2D eigenvalue weighted by atomic mass is 10.2. The van der Waals surface area contributed by atoms with Crippen LogP contribution in [0.4, 0.5) is 0 Å². The van der Waals surface area contributed by atoms with E-state index in [-0.39, 0.29) is 5.56 Å². The monoisotopic (exact) mass is 237 g/mol. The number of carboxylic acids is 1. The van der Waals surface area contributed by atoms with Crippen molar-refractivity contribution in [2.75, 3.05) is 0 Å². The molecule has 0 spiro atoms.